The fraction of sp³-hybridized carbons (Fsp3) is 0.447. The largest absolute Gasteiger partial charge is 0.497 e. The Morgan fingerprint density at radius 3 is 2.35 bits per heavy atom. The molecule has 5 unspecified atom stereocenters. The molecule has 2 aromatic carbocycles. The highest BCUT2D eigenvalue weighted by Gasteiger charge is 2.66. The summed E-state index contributed by atoms with van der Waals surface area (Å²) in [6.45, 7) is 18.9. The summed E-state index contributed by atoms with van der Waals surface area (Å²) in [6.07, 6.45) is 0.857. The van der Waals surface area contributed by atoms with Gasteiger partial charge in [-0.3, -0.25) is 14.2 Å². The van der Waals surface area contributed by atoms with Gasteiger partial charge in [-0.1, -0.05) is 57.2 Å². The van der Waals surface area contributed by atoms with Gasteiger partial charge >= 0.3 is 7.60 Å². The zero-order chi connectivity index (χ0) is 37.5. The molecule has 1 aliphatic heterocycles. The lowest BCUT2D eigenvalue weighted by Crippen LogP contribution is -2.57. The molecule has 2 fully saturated rings. The quantitative estimate of drug-likeness (QED) is 0.103. The number of amides is 2. The molecular formula is C38H49N4O8P. The number of carbonyl (C=O) groups excluding carboxylic acids is 2. The number of rotatable bonds is 12. The molecule has 1 aromatic heterocycles. The first-order valence-corrected chi connectivity index (χ1v) is 18.5. The minimum atomic E-state index is -4.79. The van der Waals surface area contributed by atoms with E-state index in [0.29, 0.717) is 28.1 Å². The number of carbonyl (C=O) groups is 2. The highest BCUT2D eigenvalue weighted by molar-refractivity contribution is 7.54. The van der Waals surface area contributed by atoms with Crippen molar-refractivity contribution in [1.29, 1.82) is 0 Å². The van der Waals surface area contributed by atoms with E-state index in [0.717, 1.165) is 5.56 Å². The van der Waals surface area contributed by atoms with E-state index >= 15 is 0 Å². The van der Waals surface area contributed by atoms with Gasteiger partial charge < -0.3 is 39.5 Å². The number of aromatic nitrogens is 1. The maximum Gasteiger partial charge on any atom is 0.351 e. The first-order chi connectivity index (χ1) is 23.8. The molecule has 2 aliphatic rings. The molecule has 274 valence electrons. The lowest BCUT2D eigenvalue weighted by atomic mass is 9.85. The number of hydrogen-bond donors (Lipinski definition) is 4. The molecule has 12 nitrogen and oxygen atoms in total. The van der Waals surface area contributed by atoms with Crippen molar-refractivity contribution in [2.24, 2.45) is 11.3 Å². The van der Waals surface area contributed by atoms with Crippen LogP contribution >= 0.6 is 7.60 Å². The van der Waals surface area contributed by atoms with E-state index < -0.39 is 59.8 Å². The second-order valence-electron chi connectivity index (χ2n) is 15.3. The normalized spacial score (nSPS) is 22.5. The Morgan fingerprint density at radius 1 is 1.10 bits per heavy atom. The molecule has 2 heterocycles. The minimum absolute atomic E-state index is 0.0201. The predicted molar refractivity (Wildman–Crippen MR) is 196 cm³/mol. The number of ether oxygens (including phenoxy) is 3. The summed E-state index contributed by atoms with van der Waals surface area (Å²) in [6, 6.07) is 14.9. The van der Waals surface area contributed by atoms with E-state index in [2.05, 4.69) is 23.8 Å². The lowest BCUT2D eigenvalue weighted by Gasteiger charge is -2.37. The average Bonchev–Trinajstić information content (AvgIpc) is 3.62. The zero-order valence-electron chi connectivity index (χ0n) is 30.3. The van der Waals surface area contributed by atoms with Crippen LogP contribution in [0, 0.1) is 11.3 Å². The molecular weight excluding hydrogens is 671 g/mol. The second-order valence-corrected chi connectivity index (χ2v) is 17.2. The van der Waals surface area contributed by atoms with Crippen LogP contribution in [0.4, 0.5) is 0 Å². The standard InChI is InChI=1S/C38H49N4O8P/c1-10-25-21-38(25,51(45,46)47)41-34(43)31-19-27(22-42(31)35(44)33(36(3,4)5)39-23(2)50-37(6,7)8)49-32-20-29(24-14-12-11-13-15-24)40-30-18-26(48-9)16-17-28(30)32/h10-18,20,25,27,31,33,39H,1-2,19,21-22H2,3-9H3,(H,41,43)(H2,45,46,47). The number of fused-ring (bicyclic) bond motifs is 1. The van der Waals surface area contributed by atoms with Gasteiger partial charge in [-0.25, -0.2) is 4.98 Å². The summed E-state index contributed by atoms with van der Waals surface area (Å²) in [5, 5.41) is 4.70. The molecule has 3 aromatic rings. The van der Waals surface area contributed by atoms with Crippen LogP contribution in [-0.4, -0.2) is 74.2 Å². The van der Waals surface area contributed by atoms with Crippen LogP contribution in [-0.2, 0) is 18.9 Å². The third-order valence-electron chi connectivity index (χ3n) is 9.17. The second kappa shape index (κ2) is 14.0. The molecule has 1 saturated carbocycles. The predicted octanol–water partition coefficient (Wildman–Crippen LogP) is 5.75. The van der Waals surface area contributed by atoms with Crippen LogP contribution in [0.5, 0.6) is 11.5 Å². The van der Waals surface area contributed by atoms with Gasteiger partial charge in [-0.15, -0.1) is 6.58 Å². The Hall–Kier alpha value is -4.38. The van der Waals surface area contributed by atoms with Gasteiger partial charge in [-0.05, 0) is 51.3 Å². The maximum absolute atomic E-state index is 14.6. The molecule has 0 spiro atoms. The Kier molecular flexibility index (Phi) is 10.4. The molecule has 51 heavy (non-hydrogen) atoms. The van der Waals surface area contributed by atoms with Crippen LogP contribution in [0.2, 0.25) is 0 Å². The number of methoxy groups -OCH3 is 1. The monoisotopic (exact) mass is 720 g/mol. The van der Waals surface area contributed by atoms with Crippen molar-refractivity contribution in [2.75, 3.05) is 13.7 Å². The van der Waals surface area contributed by atoms with Crippen molar-refractivity contribution in [3.05, 3.63) is 79.7 Å². The van der Waals surface area contributed by atoms with E-state index in [9.17, 15) is 23.9 Å². The summed E-state index contributed by atoms with van der Waals surface area (Å²) in [5.74, 6) is -0.397. The summed E-state index contributed by atoms with van der Waals surface area (Å²) < 4.78 is 30.7. The highest BCUT2D eigenvalue weighted by Crippen LogP contribution is 2.67. The molecule has 0 radical (unpaired) electrons. The van der Waals surface area contributed by atoms with Gasteiger partial charge in [0.05, 0.1) is 24.9 Å². The number of nitrogens with zero attached hydrogens (tertiary/aromatic N) is 2. The minimum Gasteiger partial charge on any atom is -0.497 e. The van der Waals surface area contributed by atoms with Crippen molar-refractivity contribution in [3.63, 3.8) is 0 Å². The number of likely N-dealkylation sites (tertiary alicyclic amines) is 1. The van der Waals surface area contributed by atoms with Crippen molar-refractivity contribution in [1.82, 2.24) is 20.5 Å². The van der Waals surface area contributed by atoms with Gasteiger partial charge in [0.25, 0.3) is 0 Å². The lowest BCUT2D eigenvalue weighted by molar-refractivity contribution is -0.142. The van der Waals surface area contributed by atoms with E-state index in [4.69, 9.17) is 19.2 Å². The first kappa shape index (κ1) is 37.9. The Labute approximate surface area is 299 Å². The molecule has 2 amide bonds. The fourth-order valence-electron chi connectivity index (χ4n) is 6.49. The molecule has 1 saturated heterocycles. The van der Waals surface area contributed by atoms with E-state index in [1.165, 1.54) is 11.0 Å². The Bertz CT molecular complexity index is 1870. The van der Waals surface area contributed by atoms with Crippen molar-refractivity contribution < 1.29 is 38.2 Å². The number of hydrogen-bond acceptors (Lipinski definition) is 8. The van der Waals surface area contributed by atoms with E-state index in [1.807, 2.05) is 90.1 Å². The molecule has 13 heteroatoms. The van der Waals surface area contributed by atoms with Crippen LogP contribution in [0.1, 0.15) is 54.4 Å². The van der Waals surface area contributed by atoms with Crippen LogP contribution < -0.4 is 20.1 Å². The third kappa shape index (κ3) is 8.24. The molecule has 0 bridgehead atoms. The molecule has 5 atom stereocenters. The summed E-state index contributed by atoms with van der Waals surface area (Å²) in [4.78, 5) is 55.5. The van der Waals surface area contributed by atoms with Crippen molar-refractivity contribution in [3.8, 4) is 22.8 Å². The highest BCUT2D eigenvalue weighted by atomic mass is 31.2. The van der Waals surface area contributed by atoms with E-state index in [1.54, 1.807) is 13.2 Å². The smallest absolute Gasteiger partial charge is 0.351 e. The van der Waals surface area contributed by atoms with Crippen LogP contribution in [0.25, 0.3) is 22.2 Å². The van der Waals surface area contributed by atoms with Crippen LogP contribution in [0.15, 0.2) is 79.7 Å². The fourth-order valence-corrected chi connectivity index (χ4v) is 7.72. The summed E-state index contributed by atoms with van der Waals surface area (Å²) >= 11 is 0. The number of pyridine rings is 1. The van der Waals surface area contributed by atoms with Gasteiger partial charge in [0.2, 0.25) is 11.8 Å². The SMILES string of the molecule is C=CC1CC1(NC(=O)C1CC(Oc2cc(-c3ccccc3)nc3cc(OC)ccc23)CN1C(=O)C(NC(=C)OC(C)(C)C)C(C)(C)C)P(=O)(O)O. The summed E-state index contributed by atoms with van der Waals surface area (Å²) in [7, 11) is -3.21. The van der Waals surface area contributed by atoms with Crippen LogP contribution in [0.3, 0.4) is 0 Å². The first-order valence-electron chi connectivity index (χ1n) is 16.9. The summed E-state index contributed by atoms with van der Waals surface area (Å²) in [5.41, 5.74) is 0.919. The van der Waals surface area contributed by atoms with Crippen molar-refractivity contribution >= 4 is 30.3 Å². The average molecular weight is 721 g/mol. The maximum atomic E-state index is 14.6. The van der Waals surface area contributed by atoms with E-state index in [-0.39, 0.29) is 25.3 Å². The Morgan fingerprint density at radius 2 is 1.78 bits per heavy atom. The van der Waals surface area contributed by atoms with Crippen molar-refractivity contribution in [2.45, 2.75) is 83.5 Å². The van der Waals surface area contributed by atoms with Gasteiger partial charge in [-0.2, -0.15) is 0 Å². The Balaban J connectivity index is 1.52. The zero-order valence-corrected chi connectivity index (χ0v) is 31.2. The molecule has 4 N–H and O–H groups in total. The van der Waals surface area contributed by atoms with Gasteiger partial charge in [0.1, 0.15) is 40.6 Å². The third-order valence-corrected chi connectivity index (χ3v) is 10.8. The van der Waals surface area contributed by atoms with Gasteiger partial charge in [0.15, 0.2) is 5.88 Å². The molecule has 1 aliphatic carbocycles. The number of nitrogens with one attached hydrogen (secondary N) is 2. The topological polar surface area (TPSA) is 160 Å². The number of benzene rings is 2. The molecule has 5 rings (SSSR count). The van der Waals surface area contributed by atoms with Gasteiger partial charge in [0, 0.05) is 35.4 Å².